The van der Waals surface area contributed by atoms with Crippen molar-refractivity contribution in [2.24, 2.45) is 0 Å². The highest BCUT2D eigenvalue weighted by Gasteiger charge is 2.22. The molecule has 0 fully saturated rings. The Morgan fingerprint density at radius 2 is 1.85 bits per heavy atom. The van der Waals surface area contributed by atoms with E-state index in [1.807, 2.05) is 26.0 Å². The molecule has 0 aliphatic carbocycles. The van der Waals surface area contributed by atoms with Crippen molar-refractivity contribution in [2.45, 2.75) is 33.1 Å². The number of hydrogen-bond acceptors (Lipinski definition) is 4. The third kappa shape index (κ3) is 4.22. The van der Waals surface area contributed by atoms with Crippen LogP contribution >= 0.6 is 0 Å². The summed E-state index contributed by atoms with van der Waals surface area (Å²) in [6.45, 7) is 4.53. The summed E-state index contributed by atoms with van der Waals surface area (Å²) in [5.74, 6) is -0.724. The molecule has 1 heterocycles. The lowest BCUT2D eigenvalue weighted by Gasteiger charge is -2.06. The topological polar surface area (TPSA) is 57.0 Å². The Kier molecular flexibility index (Phi) is 5.96. The Balaban J connectivity index is 2.00. The molecule has 0 atom stereocenters. The third-order valence-corrected chi connectivity index (χ3v) is 4.23. The maximum Gasteiger partial charge on any atom is 0.336 e. The number of aromatic nitrogens is 3. The normalized spacial score (nSPS) is 10.8. The Morgan fingerprint density at radius 3 is 2.52 bits per heavy atom. The van der Waals surface area contributed by atoms with Crippen LogP contribution in [0.5, 0.6) is 6.01 Å². The summed E-state index contributed by atoms with van der Waals surface area (Å²) in [5, 5.41) is 4.19. The van der Waals surface area contributed by atoms with E-state index in [1.54, 1.807) is 30.3 Å². The first-order valence-corrected chi connectivity index (χ1v) is 9.12. The predicted molar refractivity (Wildman–Crippen MR) is 101 cm³/mol. The zero-order valence-corrected chi connectivity index (χ0v) is 15.5. The number of ether oxygens (including phenoxy) is 1. The molecule has 0 saturated heterocycles. The number of unbranched alkanes of at least 4 members (excludes halogenated alkanes) is 1. The fourth-order valence-electron chi connectivity index (χ4n) is 2.63. The maximum absolute atomic E-state index is 14.3. The summed E-state index contributed by atoms with van der Waals surface area (Å²) in [7, 11) is 0. The van der Waals surface area contributed by atoms with Gasteiger partial charge in [-0.3, -0.25) is 4.79 Å². The van der Waals surface area contributed by atoms with E-state index in [9.17, 15) is 9.18 Å². The minimum atomic E-state index is -0.472. The maximum atomic E-state index is 14.3. The smallest absolute Gasteiger partial charge is 0.336 e. The number of hydrogen-bond donors (Lipinski definition) is 0. The Hall–Kier alpha value is -3.02. The fourth-order valence-corrected chi connectivity index (χ4v) is 2.63. The van der Waals surface area contributed by atoms with Crippen molar-refractivity contribution >= 4 is 5.91 Å². The van der Waals surface area contributed by atoms with E-state index in [0.717, 1.165) is 29.5 Å². The van der Waals surface area contributed by atoms with Crippen LogP contribution in [0.4, 0.5) is 4.39 Å². The van der Waals surface area contributed by atoms with Crippen LogP contribution in [0.25, 0.3) is 11.4 Å². The van der Waals surface area contributed by atoms with Crippen molar-refractivity contribution in [1.82, 2.24) is 14.8 Å². The summed E-state index contributed by atoms with van der Waals surface area (Å²) in [6, 6.07) is 13.5. The van der Waals surface area contributed by atoms with Crippen molar-refractivity contribution in [3.8, 4) is 17.4 Å². The molecule has 0 radical (unpaired) electrons. The second kappa shape index (κ2) is 8.58. The van der Waals surface area contributed by atoms with Gasteiger partial charge in [0.05, 0.1) is 12.2 Å². The molecule has 0 saturated carbocycles. The average Bonchev–Trinajstić information content (AvgIpc) is 3.12. The number of carbonyl (C=O) groups excluding carboxylic acids is 1. The number of carbonyl (C=O) groups is 1. The lowest BCUT2D eigenvalue weighted by molar-refractivity contribution is 0.0944. The molecule has 2 aromatic carbocycles. The highest BCUT2D eigenvalue weighted by atomic mass is 19.1. The molecule has 1 aromatic heterocycles. The van der Waals surface area contributed by atoms with Gasteiger partial charge in [-0.05, 0) is 42.7 Å². The first-order chi connectivity index (χ1) is 13.1. The van der Waals surface area contributed by atoms with E-state index in [4.69, 9.17) is 4.74 Å². The highest BCUT2D eigenvalue weighted by Crippen LogP contribution is 2.24. The second-order valence-corrected chi connectivity index (χ2v) is 6.17. The van der Waals surface area contributed by atoms with Crippen molar-refractivity contribution in [3.05, 3.63) is 65.5 Å². The van der Waals surface area contributed by atoms with Gasteiger partial charge < -0.3 is 4.74 Å². The quantitative estimate of drug-likeness (QED) is 0.577. The van der Waals surface area contributed by atoms with Crippen LogP contribution in [-0.4, -0.2) is 27.3 Å². The van der Waals surface area contributed by atoms with Gasteiger partial charge in [0.1, 0.15) is 5.82 Å². The van der Waals surface area contributed by atoms with Crippen LogP contribution in [-0.2, 0) is 6.42 Å². The van der Waals surface area contributed by atoms with Gasteiger partial charge in [0.25, 0.3) is 5.91 Å². The number of halogens is 1. The molecule has 0 unspecified atom stereocenters. The van der Waals surface area contributed by atoms with E-state index < -0.39 is 5.82 Å². The molecule has 140 valence electrons. The molecule has 0 bridgehead atoms. The van der Waals surface area contributed by atoms with Gasteiger partial charge in [0.15, 0.2) is 5.82 Å². The van der Waals surface area contributed by atoms with Crippen LogP contribution in [0, 0.1) is 5.82 Å². The van der Waals surface area contributed by atoms with Crippen molar-refractivity contribution in [1.29, 1.82) is 0 Å². The van der Waals surface area contributed by atoms with E-state index in [2.05, 4.69) is 10.1 Å². The second-order valence-electron chi connectivity index (χ2n) is 6.17. The Labute approximate surface area is 157 Å². The summed E-state index contributed by atoms with van der Waals surface area (Å²) in [6.07, 6.45) is 2.69. The standard InChI is InChI=1S/C21H22FN3O2/c1-3-5-14-27-21-23-19(17-8-6-7-9-18(17)22)25(24-21)20(26)16-12-10-15(4-2)11-13-16/h6-13H,3-5,14H2,1-2H3. The SMILES string of the molecule is CCCCOc1nc(-c2ccccc2F)n(C(=O)c2ccc(CC)cc2)n1. The molecule has 0 N–H and O–H groups in total. The third-order valence-electron chi connectivity index (χ3n) is 4.23. The lowest BCUT2D eigenvalue weighted by atomic mass is 10.1. The van der Waals surface area contributed by atoms with E-state index >= 15 is 0 Å². The Morgan fingerprint density at radius 1 is 1.11 bits per heavy atom. The van der Waals surface area contributed by atoms with Crippen LogP contribution < -0.4 is 4.74 Å². The summed E-state index contributed by atoms with van der Waals surface area (Å²) >= 11 is 0. The van der Waals surface area contributed by atoms with Gasteiger partial charge in [0.2, 0.25) is 0 Å². The van der Waals surface area contributed by atoms with Crippen LogP contribution in [0.2, 0.25) is 0 Å². The molecule has 5 nitrogen and oxygen atoms in total. The zero-order chi connectivity index (χ0) is 19.2. The van der Waals surface area contributed by atoms with Crippen molar-refractivity contribution < 1.29 is 13.9 Å². The zero-order valence-electron chi connectivity index (χ0n) is 15.5. The number of benzene rings is 2. The first kappa shape index (κ1) is 18.8. The molecule has 0 amide bonds. The minimum Gasteiger partial charge on any atom is -0.462 e. The van der Waals surface area contributed by atoms with Gasteiger partial charge in [-0.2, -0.15) is 9.67 Å². The van der Waals surface area contributed by atoms with E-state index in [0.29, 0.717) is 12.2 Å². The molecular formula is C21H22FN3O2. The lowest BCUT2D eigenvalue weighted by Crippen LogP contribution is -2.15. The Bertz CT molecular complexity index is 919. The van der Waals surface area contributed by atoms with Crippen LogP contribution in [0.1, 0.15) is 42.6 Å². The molecule has 3 aromatic rings. The molecule has 0 aliphatic rings. The largest absolute Gasteiger partial charge is 0.462 e. The van der Waals surface area contributed by atoms with E-state index in [1.165, 1.54) is 6.07 Å². The molecule has 0 aliphatic heterocycles. The number of aryl methyl sites for hydroxylation is 1. The molecule has 27 heavy (non-hydrogen) atoms. The first-order valence-electron chi connectivity index (χ1n) is 9.12. The van der Waals surface area contributed by atoms with Crippen molar-refractivity contribution in [3.63, 3.8) is 0 Å². The van der Waals surface area contributed by atoms with Crippen LogP contribution in [0.15, 0.2) is 48.5 Å². The van der Waals surface area contributed by atoms with Crippen LogP contribution in [0.3, 0.4) is 0 Å². The number of nitrogens with zero attached hydrogens (tertiary/aromatic N) is 3. The van der Waals surface area contributed by atoms with Crippen molar-refractivity contribution in [2.75, 3.05) is 6.61 Å². The predicted octanol–water partition coefficient (Wildman–Crippen LogP) is 4.51. The summed E-state index contributed by atoms with van der Waals surface area (Å²) in [4.78, 5) is 17.2. The minimum absolute atomic E-state index is 0.0697. The van der Waals surface area contributed by atoms with Gasteiger partial charge in [-0.15, -0.1) is 5.10 Å². The van der Waals surface area contributed by atoms with Gasteiger partial charge in [-0.25, -0.2) is 4.39 Å². The van der Waals surface area contributed by atoms with Gasteiger partial charge >= 0.3 is 6.01 Å². The highest BCUT2D eigenvalue weighted by molar-refractivity contribution is 5.97. The summed E-state index contributed by atoms with van der Waals surface area (Å²) < 4.78 is 20.9. The number of rotatable bonds is 7. The molecule has 6 heteroatoms. The van der Waals surface area contributed by atoms with E-state index in [-0.39, 0.29) is 23.3 Å². The molecule has 3 rings (SSSR count). The van der Waals surface area contributed by atoms with Gasteiger partial charge in [0, 0.05) is 5.56 Å². The fraction of sp³-hybridized carbons (Fsp3) is 0.286. The summed E-state index contributed by atoms with van der Waals surface area (Å²) in [5.41, 5.74) is 1.78. The van der Waals surface area contributed by atoms with Gasteiger partial charge in [-0.1, -0.05) is 44.5 Å². The molecule has 0 spiro atoms. The average molecular weight is 367 g/mol. The molecular weight excluding hydrogens is 345 g/mol. The monoisotopic (exact) mass is 367 g/mol.